The second kappa shape index (κ2) is 6.10. The van der Waals surface area contributed by atoms with Crippen molar-refractivity contribution in [3.8, 4) is 0 Å². The number of amides is 1. The number of rotatable bonds is 5. The Bertz CT molecular complexity index is 346. The Kier molecular flexibility index (Phi) is 4.76. The molecule has 0 saturated carbocycles. The van der Waals surface area contributed by atoms with Crippen LogP contribution in [0.15, 0.2) is 18.5 Å². The minimum Gasteiger partial charge on any atom is -0.397 e. The van der Waals surface area contributed by atoms with Crippen molar-refractivity contribution in [1.82, 2.24) is 9.88 Å². The Morgan fingerprint density at radius 1 is 1.31 bits per heavy atom. The Morgan fingerprint density at radius 3 is 2.44 bits per heavy atom. The molecule has 1 amide bonds. The lowest BCUT2D eigenvalue weighted by Crippen LogP contribution is -2.32. The molecule has 0 atom stereocenters. The molecule has 4 nitrogen and oxygen atoms in total. The zero-order valence-electron chi connectivity index (χ0n) is 9.94. The molecule has 0 aliphatic carbocycles. The summed E-state index contributed by atoms with van der Waals surface area (Å²) in [5.74, 6) is 0.0171. The van der Waals surface area contributed by atoms with Crippen LogP contribution in [0.4, 0.5) is 5.69 Å². The zero-order chi connectivity index (χ0) is 12.0. The number of pyridine rings is 1. The van der Waals surface area contributed by atoms with E-state index in [1.165, 1.54) is 0 Å². The molecule has 1 rings (SSSR count). The molecular weight excluding hydrogens is 202 g/mol. The van der Waals surface area contributed by atoms with Gasteiger partial charge < -0.3 is 10.6 Å². The summed E-state index contributed by atoms with van der Waals surface area (Å²) < 4.78 is 0. The fourth-order valence-corrected chi connectivity index (χ4v) is 1.61. The highest BCUT2D eigenvalue weighted by molar-refractivity contribution is 5.94. The predicted octanol–water partition coefficient (Wildman–Crippen LogP) is 1.93. The Labute approximate surface area is 96.5 Å². The summed E-state index contributed by atoms with van der Waals surface area (Å²) in [7, 11) is 0. The summed E-state index contributed by atoms with van der Waals surface area (Å²) >= 11 is 0. The number of carbonyl (C=O) groups excluding carboxylic acids is 1. The van der Waals surface area contributed by atoms with E-state index in [2.05, 4.69) is 18.8 Å². The molecule has 0 aliphatic rings. The number of nitrogen functional groups attached to an aromatic ring is 1. The van der Waals surface area contributed by atoms with Gasteiger partial charge in [-0.05, 0) is 18.9 Å². The smallest absolute Gasteiger partial charge is 0.255 e. The number of anilines is 1. The van der Waals surface area contributed by atoms with E-state index < -0.39 is 0 Å². The summed E-state index contributed by atoms with van der Waals surface area (Å²) in [4.78, 5) is 17.9. The van der Waals surface area contributed by atoms with Gasteiger partial charge in [-0.15, -0.1) is 0 Å². The van der Waals surface area contributed by atoms with Crippen LogP contribution in [0.2, 0.25) is 0 Å². The first kappa shape index (κ1) is 12.5. The topological polar surface area (TPSA) is 59.2 Å². The molecule has 0 aromatic carbocycles. The third-order valence-corrected chi connectivity index (χ3v) is 2.28. The Balaban J connectivity index is 2.81. The van der Waals surface area contributed by atoms with E-state index >= 15 is 0 Å². The molecule has 4 heteroatoms. The molecule has 0 saturated heterocycles. The predicted molar refractivity (Wildman–Crippen MR) is 65.1 cm³/mol. The molecule has 1 aromatic heterocycles. The van der Waals surface area contributed by atoms with Gasteiger partial charge >= 0.3 is 0 Å². The summed E-state index contributed by atoms with van der Waals surface area (Å²) in [6, 6.07) is 1.67. The molecule has 0 radical (unpaired) electrons. The maximum absolute atomic E-state index is 12.1. The second-order valence-electron chi connectivity index (χ2n) is 3.80. The van der Waals surface area contributed by atoms with Crippen LogP contribution in [0, 0.1) is 0 Å². The van der Waals surface area contributed by atoms with Crippen molar-refractivity contribution in [2.24, 2.45) is 0 Å². The highest BCUT2D eigenvalue weighted by atomic mass is 16.2. The maximum atomic E-state index is 12.1. The van der Waals surface area contributed by atoms with Crippen LogP contribution in [0.3, 0.4) is 0 Å². The van der Waals surface area contributed by atoms with E-state index in [1.807, 2.05) is 4.90 Å². The van der Waals surface area contributed by atoms with Gasteiger partial charge in [0.1, 0.15) is 0 Å². The second-order valence-corrected chi connectivity index (χ2v) is 3.80. The maximum Gasteiger partial charge on any atom is 0.255 e. The third kappa shape index (κ3) is 3.22. The van der Waals surface area contributed by atoms with Crippen LogP contribution >= 0.6 is 0 Å². The van der Waals surface area contributed by atoms with Gasteiger partial charge in [0.2, 0.25) is 0 Å². The summed E-state index contributed by atoms with van der Waals surface area (Å²) in [6.07, 6.45) is 5.03. The molecule has 88 valence electrons. The molecule has 0 aliphatic heterocycles. The van der Waals surface area contributed by atoms with Crippen LogP contribution < -0.4 is 5.73 Å². The lowest BCUT2D eigenvalue weighted by atomic mass is 10.2. The van der Waals surface area contributed by atoms with Gasteiger partial charge in [-0.25, -0.2) is 0 Å². The van der Waals surface area contributed by atoms with Crippen LogP contribution in [0.1, 0.15) is 37.0 Å². The monoisotopic (exact) mass is 221 g/mol. The van der Waals surface area contributed by atoms with Crippen molar-refractivity contribution < 1.29 is 4.79 Å². The van der Waals surface area contributed by atoms with Crippen molar-refractivity contribution in [2.45, 2.75) is 26.7 Å². The summed E-state index contributed by atoms with van der Waals surface area (Å²) in [5.41, 5.74) is 6.71. The highest BCUT2D eigenvalue weighted by Crippen LogP contribution is 2.08. The molecule has 0 unspecified atom stereocenters. The van der Waals surface area contributed by atoms with Gasteiger partial charge in [0, 0.05) is 25.5 Å². The molecule has 0 bridgehead atoms. The molecule has 1 heterocycles. The number of nitrogens with zero attached hydrogens (tertiary/aromatic N) is 2. The van der Waals surface area contributed by atoms with Crippen molar-refractivity contribution in [3.05, 3.63) is 24.0 Å². The van der Waals surface area contributed by atoms with E-state index in [-0.39, 0.29) is 5.91 Å². The van der Waals surface area contributed by atoms with Gasteiger partial charge in [-0.2, -0.15) is 0 Å². The number of nitrogens with two attached hydrogens (primary N) is 1. The Morgan fingerprint density at radius 2 is 1.94 bits per heavy atom. The largest absolute Gasteiger partial charge is 0.397 e. The zero-order valence-corrected chi connectivity index (χ0v) is 9.94. The number of hydrogen-bond donors (Lipinski definition) is 1. The molecule has 0 fully saturated rings. The fraction of sp³-hybridized carbons (Fsp3) is 0.500. The quantitative estimate of drug-likeness (QED) is 0.826. The van der Waals surface area contributed by atoms with Crippen molar-refractivity contribution in [1.29, 1.82) is 0 Å². The van der Waals surface area contributed by atoms with E-state index in [0.717, 1.165) is 25.9 Å². The van der Waals surface area contributed by atoms with E-state index in [4.69, 9.17) is 5.73 Å². The Hall–Kier alpha value is -1.58. The minimum atomic E-state index is 0.0171. The average molecular weight is 221 g/mol. The van der Waals surface area contributed by atoms with Crippen LogP contribution in [-0.4, -0.2) is 28.9 Å². The number of carbonyl (C=O) groups is 1. The van der Waals surface area contributed by atoms with Gasteiger partial charge in [0.25, 0.3) is 5.91 Å². The van der Waals surface area contributed by atoms with Crippen LogP contribution in [0.5, 0.6) is 0 Å². The van der Waals surface area contributed by atoms with Gasteiger partial charge in [0.15, 0.2) is 0 Å². The molecule has 1 aromatic rings. The van der Waals surface area contributed by atoms with Gasteiger partial charge in [0.05, 0.1) is 11.3 Å². The van der Waals surface area contributed by atoms with Crippen molar-refractivity contribution in [2.75, 3.05) is 18.8 Å². The van der Waals surface area contributed by atoms with Crippen molar-refractivity contribution in [3.63, 3.8) is 0 Å². The number of aromatic nitrogens is 1. The van der Waals surface area contributed by atoms with Crippen LogP contribution in [-0.2, 0) is 0 Å². The molecule has 0 spiro atoms. The van der Waals surface area contributed by atoms with Crippen LogP contribution in [0.25, 0.3) is 0 Å². The van der Waals surface area contributed by atoms with Crippen molar-refractivity contribution >= 4 is 11.6 Å². The summed E-state index contributed by atoms with van der Waals surface area (Å²) in [5, 5.41) is 0. The van der Waals surface area contributed by atoms with E-state index in [1.54, 1.807) is 18.5 Å². The van der Waals surface area contributed by atoms with E-state index in [9.17, 15) is 4.79 Å². The first-order chi connectivity index (χ1) is 7.69. The third-order valence-electron chi connectivity index (χ3n) is 2.28. The highest BCUT2D eigenvalue weighted by Gasteiger charge is 2.14. The average Bonchev–Trinajstić information content (AvgIpc) is 2.28. The number of hydrogen-bond acceptors (Lipinski definition) is 3. The van der Waals surface area contributed by atoms with Gasteiger partial charge in [-0.3, -0.25) is 9.78 Å². The normalized spacial score (nSPS) is 10.1. The molecule has 16 heavy (non-hydrogen) atoms. The standard InChI is InChI=1S/C12H19N3O/c1-3-5-15(6-4-2)12(16)10-7-11(13)9-14-8-10/h7-9H,3-6,13H2,1-2H3. The molecular formula is C12H19N3O. The first-order valence-corrected chi connectivity index (χ1v) is 5.68. The lowest BCUT2D eigenvalue weighted by Gasteiger charge is -2.21. The SMILES string of the molecule is CCCN(CCC)C(=O)c1cncc(N)c1. The van der Waals surface area contributed by atoms with Gasteiger partial charge in [-0.1, -0.05) is 13.8 Å². The first-order valence-electron chi connectivity index (χ1n) is 5.68. The van der Waals surface area contributed by atoms with E-state index in [0.29, 0.717) is 11.3 Å². The molecule has 2 N–H and O–H groups in total. The summed E-state index contributed by atoms with van der Waals surface area (Å²) in [6.45, 7) is 5.68. The lowest BCUT2D eigenvalue weighted by molar-refractivity contribution is 0.0755. The minimum absolute atomic E-state index is 0.0171. The fourth-order valence-electron chi connectivity index (χ4n) is 1.61.